The van der Waals surface area contributed by atoms with Crippen LogP contribution in [0, 0.1) is 0 Å². The van der Waals surface area contributed by atoms with E-state index in [-0.39, 0.29) is 36.2 Å². The maximum atomic E-state index is 12.5. The van der Waals surface area contributed by atoms with Gasteiger partial charge in [0.25, 0.3) is 5.91 Å². The Morgan fingerprint density at radius 3 is 2.70 bits per heavy atom. The van der Waals surface area contributed by atoms with E-state index in [1.165, 1.54) is 24.4 Å². The molecule has 2 amide bonds. The van der Waals surface area contributed by atoms with Crippen LogP contribution in [0.1, 0.15) is 50.3 Å². The molecule has 3 rings (SSSR count). The van der Waals surface area contributed by atoms with Gasteiger partial charge in [-0.2, -0.15) is 5.10 Å². The Morgan fingerprint density at radius 2 is 2.03 bits per heavy atom. The van der Waals surface area contributed by atoms with Crippen molar-refractivity contribution in [2.45, 2.75) is 51.2 Å². The summed E-state index contributed by atoms with van der Waals surface area (Å²) in [6.07, 6.45) is 3.20. The molecule has 1 aliphatic rings. The molecule has 1 aromatic heterocycles. The van der Waals surface area contributed by atoms with E-state index in [2.05, 4.69) is 20.5 Å². The fourth-order valence-electron chi connectivity index (χ4n) is 3.82. The zero-order chi connectivity index (χ0) is 27.1. The molecule has 3 N–H and O–H groups in total. The molecular weight excluding hydrogens is 480 g/mol. The number of hydrogen-bond acceptors (Lipinski definition) is 9. The van der Waals surface area contributed by atoms with Crippen LogP contribution in [0.5, 0.6) is 17.2 Å². The standard InChI is InChI=1S/C25H36N6O6/c1-15(2)26-13-19-21(32)10-18(35-6)11-22(19)36-14-24(33)27-23-12-20(28-29-23)16-7-8-17(9-16)37-25(34)31(5)30(3)4/h10-13,15-17,32H,7-9,14H2,1-6H3,(H2,27,28,29,33)/t16-,17+/m0/s1. The van der Waals surface area contributed by atoms with Gasteiger partial charge in [-0.05, 0) is 33.1 Å². The molecular formula is C25H36N6O6. The Balaban J connectivity index is 1.56. The number of amides is 2. The van der Waals surface area contributed by atoms with Gasteiger partial charge in [0.05, 0.1) is 12.7 Å². The third kappa shape index (κ3) is 7.59. The molecule has 0 radical (unpaired) electrons. The summed E-state index contributed by atoms with van der Waals surface area (Å²) in [4.78, 5) is 29.0. The third-order valence-electron chi connectivity index (χ3n) is 6.01. The minimum Gasteiger partial charge on any atom is -0.507 e. The highest BCUT2D eigenvalue weighted by Gasteiger charge is 2.31. The minimum absolute atomic E-state index is 0.0214. The number of phenolic OH excluding ortho intramolecular Hbond substituents is 1. The molecule has 37 heavy (non-hydrogen) atoms. The highest BCUT2D eigenvalue weighted by atomic mass is 16.6. The number of anilines is 1. The van der Waals surface area contributed by atoms with Crippen molar-refractivity contribution in [3.63, 3.8) is 0 Å². The van der Waals surface area contributed by atoms with Gasteiger partial charge < -0.3 is 24.6 Å². The molecule has 1 fully saturated rings. The number of methoxy groups -OCH3 is 1. The smallest absolute Gasteiger partial charge is 0.424 e. The van der Waals surface area contributed by atoms with E-state index in [1.54, 1.807) is 38.3 Å². The number of carbonyl (C=O) groups is 2. The van der Waals surface area contributed by atoms with Crippen molar-refractivity contribution in [1.29, 1.82) is 0 Å². The normalized spacial score (nSPS) is 17.4. The second-order valence-electron chi connectivity index (χ2n) is 9.36. The lowest BCUT2D eigenvalue weighted by Gasteiger charge is -2.25. The number of hydrazine groups is 1. The quantitative estimate of drug-likeness (QED) is 0.323. The third-order valence-corrected chi connectivity index (χ3v) is 6.01. The Kier molecular flexibility index (Phi) is 9.34. The largest absolute Gasteiger partial charge is 0.507 e. The molecule has 2 atom stereocenters. The number of carbonyl (C=O) groups excluding carboxylic acids is 2. The van der Waals surface area contributed by atoms with E-state index in [9.17, 15) is 14.7 Å². The van der Waals surface area contributed by atoms with Gasteiger partial charge in [-0.3, -0.25) is 14.9 Å². The number of aliphatic imine (C=N–C) groups is 1. The van der Waals surface area contributed by atoms with Crippen molar-refractivity contribution >= 4 is 24.0 Å². The van der Waals surface area contributed by atoms with Crippen LogP contribution in [0.4, 0.5) is 10.6 Å². The average Bonchev–Trinajstić information content (AvgIpc) is 3.50. The van der Waals surface area contributed by atoms with Crippen molar-refractivity contribution < 1.29 is 28.9 Å². The Morgan fingerprint density at radius 1 is 1.27 bits per heavy atom. The number of aromatic nitrogens is 2. The number of hydrogen-bond donors (Lipinski definition) is 3. The first-order valence-electron chi connectivity index (χ1n) is 12.1. The topological polar surface area (TPSA) is 142 Å². The zero-order valence-electron chi connectivity index (χ0n) is 22.1. The van der Waals surface area contributed by atoms with E-state index >= 15 is 0 Å². The van der Waals surface area contributed by atoms with Gasteiger partial charge in [-0.25, -0.2) is 14.8 Å². The summed E-state index contributed by atoms with van der Waals surface area (Å²) in [7, 11) is 6.66. The fraction of sp³-hybridized carbons (Fsp3) is 0.520. The number of rotatable bonds is 10. The number of aromatic amines is 1. The van der Waals surface area contributed by atoms with Gasteiger partial charge in [-0.15, -0.1) is 0 Å². The summed E-state index contributed by atoms with van der Waals surface area (Å²) in [5.74, 6) is 0.680. The average molecular weight is 517 g/mol. The molecule has 2 aromatic rings. The maximum Gasteiger partial charge on any atom is 0.424 e. The lowest BCUT2D eigenvalue weighted by molar-refractivity contribution is -0.118. The van der Waals surface area contributed by atoms with Gasteiger partial charge in [-0.1, -0.05) is 0 Å². The highest BCUT2D eigenvalue weighted by molar-refractivity contribution is 5.92. The lowest BCUT2D eigenvalue weighted by atomic mass is 10.0. The van der Waals surface area contributed by atoms with Crippen LogP contribution in [0.2, 0.25) is 0 Å². The Hall–Kier alpha value is -3.80. The first kappa shape index (κ1) is 27.8. The Bertz CT molecular complexity index is 1120. The second kappa shape index (κ2) is 12.4. The van der Waals surface area contributed by atoms with Crippen molar-refractivity contribution in [3.8, 4) is 17.2 Å². The van der Waals surface area contributed by atoms with E-state index < -0.39 is 12.0 Å². The fourth-order valence-corrected chi connectivity index (χ4v) is 3.82. The van der Waals surface area contributed by atoms with Crippen molar-refractivity contribution in [2.24, 2.45) is 4.99 Å². The number of ether oxygens (including phenoxy) is 3. The van der Waals surface area contributed by atoms with Crippen molar-refractivity contribution in [2.75, 3.05) is 40.2 Å². The summed E-state index contributed by atoms with van der Waals surface area (Å²) in [5, 5.41) is 23.3. The number of benzene rings is 1. The van der Waals surface area contributed by atoms with Crippen LogP contribution in [0.15, 0.2) is 23.2 Å². The van der Waals surface area contributed by atoms with Crippen molar-refractivity contribution in [1.82, 2.24) is 20.2 Å². The van der Waals surface area contributed by atoms with Crippen LogP contribution in [-0.4, -0.2) is 90.5 Å². The summed E-state index contributed by atoms with van der Waals surface area (Å²) >= 11 is 0. The number of H-pyrrole nitrogens is 1. The number of phenols is 1. The molecule has 1 heterocycles. The van der Waals surface area contributed by atoms with E-state index in [4.69, 9.17) is 14.2 Å². The molecule has 0 bridgehead atoms. The molecule has 12 heteroatoms. The lowest BCUT2D eigenvalue weighted by Crippen LogP contribution is -2.40. The summed E-state index contributed by atoms with van der Waals surface area (Å²) < 4.78 is 16.5. The summed E-state index contributed by atoms with van der Waals surface area (Å²) in [5.41, 5.74) is 1.22. The first-order valence-corrected chi connectivity index (χ1v) is 12.1. The van der Waals surface area contributed by atoms with E-state index in [0.29, 0.717) is 23.6 Å². The van der Waals surface area contributed by atoms with Crippen LogP contribution < -0.4 is 14.8 Å². The second-order valence-corrected chi connectivity index (χ2v) is 9.36. The first-order chi connectivity index (χ1) is 17.6. The molecule has 202 valence electrons. The number of nitrogens with one attached hydrogen (secondary N) is 2. The summed E-state index contributed by atoms with van der Waals surface area (Å²) in [6.45, 7) is 3.51. The monoisotopic (exact) mass is 516 g/mol. The van der Waals surface area contributed by atoms with Gasteiger partial charge in [0.15, 0.2) is 12.4 Å². The number of nitrogens with zero attached hydrogens (tertiary/aromatic N) is 4. The van der Waals surface area contributed by atoms with Crippen LogP contribution >= 0.6 is 0 Å². The predicted octanol–water partition coefficient (Wildman–Crippen LogP) is 3.15. The molecule has 1 aliphatic carbocycles. The SMILES string of the molecule is COc1cc(O)c(C=NC(C)C)c(OCC(=O)Nc2cc([C@H]3CC[C@@H](OC(=O)N(C)N(C)C)C3)[nH]n2)c1. The van der Waals surface area contributed by atoms with Crippen LogP contribution in [-0.2, 0) is 9.53 Å². The predicted molar refractivity (Wildman–Crippen MR) is 138 cm³/mol. The maximum absolute atomic E-state index is 12.5. The van der Waals surface area contributed by atoms with E-state index in [0.717, 1.165) is 18.5 Å². The molecule has 0 aliphatic heterocycles. The highest BCUT2D eigenvalue weighted by Crippen LogP contribution is 2.36. The van der Waals surface area contributed by atoms with Gasteiger partial charge in [0, 0.05) is 63.2 Å². The number of aromatic hydroxyl groups is 1. The molecule has 0 saturated heterocycles. The van der Waals surface area contributed by atoms with Crippen molar-refractivity contribution in [3.05, 3.63) is 29.5 Å². The molecule has 12 nitrogen and oxygen atoms in total. The van der Waals surface area contributed by atoms with Crippen LogP contribution in [0.25, 0.3) is 0 Å². The van der Waals surface area contributed by atoms with Gasteiger partial charge in [0.2, 0.25) is 0 Å². The van der Waals surface area contributed by atoms with E-state index in [1.807, 2.05) is 13.8 Å². The van der Waals surface area contributed by atoms with Gasteiger partial charge in [0.1, 0.15) is 23.4 Å². The molecule has 0 spiro atoms. The van der Waals surface area contributed by atoms with Crippen LogP contribution in [0.3, 0.4) is 0 Å². The summed E-state index contributed by atoms with van der Waals surface area (Å²) in [6, 6.07) is 4.83. The Labute approximate surface area is 216 Å². The molecule has 1 saturated carbocycles. The molecule has 1 aromatic carbocycles. The van der Waals surface area contributed by atoms with Gasteiger partial charge >= 0.3 is 6.09 Å². The zero-order valence-corrected chi connectivity index (χ0v) is 22.1. The minimum atomic E-state index is -0.419. The molecule has 0 unspecified atom stereocenters.